The van der Waals surface area contributed by atoms with E-state index in [-0.39, 0.29) is 5.41 Å². The van der Waals surface area contributed by atoms with Crippen molar-refractivity contribution in [2.45, 2.75) is 52.6 Å². The summed E-state index contributed by atoms with van der Waals surface area (Å²) in [5.41, 5.74) is 2.99. The third-order valence-corrected chi connectivity index (χ3v) is 4.57. The van der Waals surface area contributed by atoms with Gasteiger partial charge in [-0.05, 0) is 29.4 Å². The van der Waals surface area contributed by atoms with Gasteiger partial charge in [-0.15, -0.1) is 0 Å². The SMILES string of the molecule is CC(CBr)C(C)NCc1ccc(C(C)(C)C)cc1. The second-order valence-electron chi connectivity index (χ2n) is 6.25. The third-order valence-electron chi connectivity index (χ3n) is 3.55. The van der Waals surface area contributed by atoms with Crippen molar-refractivity contribution in [1.29, 1.82) is 0 Å². The quantitative estimate of drug-likeness (QED) is 0.790. The third kappa shape index (κ3) is 4.74. The Morgan fingerprint density at radius 3 is 2.11 bits per heavy atom. The average molecular weight is 312 g/mol. The van der Waals surface area contributed by atoms with Crippen LogP contribution in [0.3, 0.4) is 0 Å². The van der Waals surface area contributed by atoms with Crippen LogP contribution in [0.4, 0.5) is 0 Å². The zero-order chi connectivity index (χ0) is 13.8. The van der Waals surface area contributed by atoms with Crippen LogP contribution in [-0.4, -0.2) is 11.4 Å². The molecule has 0 radical (unpaired) electrons. The van der Waals surface area contributed by atoms with E-state index < -0.39 is 0 Å². The maximum absolute atomic E-state index is 3.58. The summed E-state index contributed by atoms with van der Waals surface area (Å²) in [6, 6.07) is 9.50. The van der Waals surface area contributed by atoms with E-state index in [1.165, 1.54) is 11.1 Å². The number of hydrogen-bond acceptors (Lipinski definition) is 1. The summed E-state index contributed by atoms with van der Waals surface area (Å²) in [4.78, 5) is 0. The highest BCUT2D eigenvalue weighted by Gasteiger charge is 2.13. The number of benzene rings is 1. The highest BCUT2D eigenvalue weighted by atomic mass is 79.9. The van der Waals surface area contributed by atoms with Crippen LogP contribution in [0.25, 0.3) is 0 Å². The lowest BCUT2D eigenvalue weighted by Gasteiger charge is -2.21. The molecule has 0 saturated heterocycles. The molecule has 0 aliphatic heterocycles. The first-order valence-corrected chi connectivity index (χ1v) is 7.85. The molecule has 0 aliphatic rings. The van der Waals surface area contributed by atoms with Crippen LogP contribution in [0.1, 0.15) is 45.7 Å². The number of alkyl halides is 1. The van der Waals surface area contributed by atoms with E-state index in [0.717, 1.165) is 11.9 Å². The standard InChI is InChI=1S/C16H26BrN/c1-12(10-17)13(2)18-11-14-6-8-15(9-7-14)16(3,4)5/h6-9,12-13,18H,10-11H2,1-5H3. The van der Waals surface area contributed by atoms with E-state index >= 15 is 0 Å². The summed E-state index contributed by atoms with van der Waals surface area (Å²) in [7, 11) is 0. The fourth-order valence-electron chi connectivity index (χ4n) is 1.74. The van der Waals surface area contributed by atoms with E-state index in [0.29, 0.717) is 12.0 Å². The minimum absolute atomic E-state index is 0.240. The largest absolute Gasteiger partial charge is 0.310 e. The highest BCUT2D eigenvalue weighted by Crippen LogP contribution is 2.22. The highest BCUT2D eigenvalue weighted by molar-refractivity contribution is 9.09. The Balaban J connectivity index is 2.54. The van der Waals surface area contributed by atoms with Gasteiger partial charge in [0.05, 0.1) is 0 Å². The van der Waals surface area contributed by atoms with Crippen LogP contribution in [0.5, 0.6) is 0 Å². The molecule has 0 heterocycles. The van der Waals surface area contributed by atoms with E-state index in [4.69, 9.17) is 0 Å². The van der Waals surface area contributed by atoms with Gasteiger partial charge in [0.2, 0.25) is 0 Å². The Kier molecular flexibility index (Phi) is 5.87. The Morgan fingerprint density at radius 1 is 1.11 bits per heavy atom. The zero-order valence-electron chi connectivity index (χ0n) is 12.3. The van der Waals surface area contributed by atoms with Gasteiger partial charge in [-0.25, -0.2) is 0 Å². The van der Waals surface area contributed by atoms with Gasteiger partial charge in [-0.2, -0.15) is 0 Å². The van der Waals surface area contributed by atoms with Crippen LogP contribution in [-0.2, 0) is 12.0 Å². The molecule has 1 aromatic carbocycles. The maximum Gasteiger partial charge on any atom is 0.0208 e. The van der Waals surface area contributed by atoms with Crippen molar-refractivity contribution in [3.05, 3.63) is 35.4 Å². The van der Waals surface area contributed by atoms with Gasteiger partial charge in [0.15, 0.2) is 0 Å². The second-order valence-corrected chi connectivity index (χ2v) is 6.90. The molecule has 0 bridgehead atoms. The molecular weight excluding hydrogens is 286 g/mol. The van der Waals surface area contributed by atoms with Crippen LogP contribution in [0.15, 0.2) is 24.3 Å². The van der Waals surface area contributed by atoms with Gasteiger partial charge >= 0.3 is 0 Å². The first-order valence-electron chi connectivity index (χ1n) is 6.73. The minimum Gasteiger partial charge on any atom is -0.310 e. The van der Waals surface area contributed by atoms with Crippen molar-refractivity contribution < 1.29 is 0 Å². The second kappa shape index (κ2) is 6.72. The van der Waals surface area contributed by atoms with Crippen LogP contribution >= 0.6 is 15.9 Å². The first kappa shape index (κ1) is 15.7. The van der Waals surface area contributed by atoms with Gasteiger partial charge < -0.3 is 5.32 Å². The lowest BCUT2D eigenvalue weighted by molar-refractivity contribution is 0.433. The van der Waals surface area contributed by atoms with Gasteiger partial charge in [0.1, 0.15) is 0 Å². The average Bonchev–Trinajstić information content (AvgIpc) is 2.34. The summed E-state index contributed by atoms with van der Waals surface area (Å²) in [6.07, 6.45) is 0. The van der Waals surface area contributed by atoms with E-state index in [1.807, 2.05) is 0 Å². The smallest absolute Gasteiger partial charge is 0.0208 e. The molecule has 1 aromatic rings. The summed E-state index contributed by atoms with van der Waals surface area (Å²) in [6.45, 7) is 12.2. The number of nitrogens with one attached hydrogen (secondary N) is 1. The Labute approximate surface area is 120 Å². The maximum atomic E-state index is 3.58. The van der Waals surface area contributed by atoms with E-state index in [9.17, 15) is 0 Å². The Morgan fingerprint density at radius 2 is 1.67 bits per heavy atom. The summed E-state index contributed by atoms with van der Waals surface area (Å²) in [5, 5.41) is 4.62. The molecule has 0 aliphatic carbocycles. The molecule has 18 heavy (non-hydrogen) atoms. The normalized spacial score (nSPS) is 15.4. The van der Waals surface area contributed by atoms with E-state index in [1.54, 1.807) is 0 Å². The minimum atomic E-state index is 0.240. The van der Waals surface area contributed by atoms with E-state index in [2.05, 4.69) is 80.1 Å². The van der Waals surface area contributed by atoms with Crippen molar-refractivity contribution in [3.63, 3.8) is 0 Å². The van der Waals surface area contributed by atoms with Gasteiger partial charge in [-0.3, -0.25) is 0 Å². The Hall–Kier alpha value is -0.340. The molecule has 1 nitrogen and oxygen atoms in total. The predicted molar refractivity (Wildman–Crippen MR) is 84.4 cm³/mol. The van der Waals surface area contributed by atoms with Crippen LogP contribution in [0.2, 0.25) is 0 Å². The number of hydrogen-bond donors (Lipinski definition) is 1. The summed E-state index contributed by atoms with van der Waals surface area (Å²) < 4.78 is 0. The number of halogens is 1. The van der Waals surface area contributed by atoms with Crippen molar-refractivity contribution in [3.8, 4) is 0 Å². The number of rotatable bonds is 5. The molecule has 2 unspecified atom stereocenters. The first-order chi connectivity index (χ1) is 8.34. The summed E-state index contributed by atoms with van der Waals surface area (Å²) >= 11 is 3.53. The molecule has 1 rings (SSSR count). The van der Waals surface area contributed by atoms with Crippen LogP contribution in [0, 0.1) is 5.92 Å². The molecule has 0 aromatic heterocycles. The monoisotopic (exact) mass is 311 g/mol. The van der Waals surface area contributed by atoms with Crippen molar-refractivity contribution in [2.24, 2.45) is 5.92 Å². The lowest BCUT2D eigenvalue weighted by atomic mass is 9.87. The van der Waals surface area contributed by atoms with Crippen molar-refractivity contribution >= 4 is 15.9 Å². The fraction of sp³-hybridized carbons (Fsp3) is 0.625. The lowest BCUT2D eigenvalue weighted by Crippen LogP contribution is -2.32. The molecule has 0 fully saturated rings. The van der Waals surface area contributed by atoms with Gasteiger partial charge in [0, 0.05) is 17.9 Å². The molecule has 0 amide bonds. The van der Waals surface area contributed by atoms with Gasteiger partial charge in [-0.1, -0.05) is 67.9 Å². The van der Waals surface area contributed by atoms with Gasteiger partial charge in [0.25, 0.3) is 0 Å². The molecule has 2 atom stereocenters. The van der Waals surface area contributed by atoms with Crippen molar-refractivity contribution in [2.75, 3.05) is 5.33 Å². The fourth-order valence-corrected chi connectivity index (χ4v) is 2.30. The molecule has 0 saturated carbocycles. The predicted octanol–water partition coefficient (Wildman–Crippen LogP) is 4.49. The van der Waals surface area contributed by atoms with Crippen molar-refractivity contribution in [1.82, 2.24) is 5.32 Å². The molecule has 102 valence electrons. The van der Waals surface area contributed by atoms with Crippen LogP contribution < -0.4 is 5.32 Å². The summed E-state index contributed by atoms with van der Waals surface area (Å²) in [5.74, 6) is 0.652. The molecule has 0 spiro atoms. The Bertz CT molecular complexity index is 350. The molecule has 1 N–H and O–H groups in total. The molecule has 2 heteroatoms. The zero-order valence-corrected chi connectivity index (χ0v) is 13.8. The molecular formula is C16H26BrN. The topological polar surface area (TPSA) is 12.0 Å².